The van der Waals surface area contributed by atoms with E-state index in [1.165, 1.54) is 42.1 Å². The molecule has 6 bridgehead atoms. The fourth-order valence-corrected chi connectivity index (χ4v) is 7.13. The monoisotopic (exact) mass is 189 g/mol. The molecule has 1 nitrogen and oxygen atoms in total. The topological polar surface area (TPSA) is 12.0 Å². The van der Waals surface area contributed by atoms with Gasteiger partial charge in [-0.1, -0.05) is 6.92 Å². The number of nitrogens with one attached hydrogen (secondary N) is 1. The lowest BCUT2D eigenvalue weighted by Gasteiger charge is -2.33. The highest BCUT2D eigenvalue weighted by molar-refractivity contribution is 5.29. The van der Waals surface area contributed by atoms with Gasteiger partial charge in [0.05, 0.1) is 0 Å². The predicted molar refractivity (Wildman–Crippen MR) is 54.6 cm³/mol. The van der Waals surface area contributed by atoms with Gasteiger partial charge in [0.2, 0.25) is 0 Å². The lowest BCUT2D eigenvalue weighted by molar-refractivity contribution is 0.132. The van der Waals surface area contributed by atoms with Gasteiger partial charge in [-0.2, -0.15) is 0 Å². The van der Waals surface area contributed by atoms with E-state index in [4.69, 9.17) is 0 Å². The van der Waals surface area contributed by atoms with Gasteiger partial charge < -0.3 is 5.32 Å². The summed E-state index contributed by atoms with van der Waals surface area (Å²) in [5.74, 6) is 9.45. The maximum atomic E-state index is 3.82. The fraction of sp³-hybridized carbons (Fsp3) is 1.00. The van der Waals surface area contributed by atoms with Crippen molar-refractivity contribution >= 4 is 0 Å². The summed E-state index contributed by atoms with van der Waals surface area (Å²) >= 11 is 0. The van der Waals surface area contributed by atoms with Crippen LogP contribution in [0.5, 0.6) is 0 Å². The molecule has 6 saturated carbocycles. The minimum atomic E-state index is 0.961. The second-order valence-corrected chi connectivity index (χ2v) is 6.52. The van der Waals surface area contributed by atoms with Crippen molar-refractivity contribution in [3.05, 3.63) is 0 Å². The molecule has 0 aromatic rings. The molecular weight excluding hydrogens is 170 g/mol. The average Bonchev–Trinajstić information content (AvgIpc) is 2.79. The van der Waals surface area contributed by atoms with E-state index in [0.717, 1.165) is 17.9 Å². The van der Waals surface area contributed by atoms with Crippen LogP contribution in [0.15, 0.2) is 0 Å². The fourth-order valence-electron chi connectivity index (χ4n) is 7.13. The highest BCUT2D eigenvalue weighted by atomic mass is 15.0. The van der Waals surface area contributed by atoms with E-state index in [9.17, 15) is 0 Å². The van der Waals surface area contributed by atoms with Crippen LogP contribution in [-0.4, -0.2) is 12.6 Å². The third kappa shape index (κ3) is 0.476. The van der Waals surface area contributed by atoms with E-state index < -0.39 is 0 Å². The molecule has 9 atom stereocenters. The Morgan fingerprint density at radius 2 is 1.43 bits per heavy atom. The smallest absolute Gasteiger partial charge is 0.0135 e. The lowest BCUT2D eigenvalue weighted by atomic mass is 9.71. The molecule has 6 fully saturated rings. The standard InChI is InChI=1S/C13H19N/c1-2-14-13-11-7-3-5-6-4-8(9(5)11)12(13)10(6)7/h5-14H,2-4H2,1H3/t5-,6+,7-,8-,9-,10-,11-,12-,13?/m1/s1. The van der Waals surface area contributed by atoms with E-state index in [1.807, 2.05) is 0 Å². The zero-order valence-corrected chi connectivity index (χ0v) is 8.82. The maximum Gasteiger partial charge on any atom is 0.0135 e. The quantitative estimate of drug-likeness (QED) is 0.697. The number of hydrogen-bond donors (Lipinski definition) is 1. The summed E-state index contributed by atoms with van der Waals surface area (Å²) in [4.78, 5) is 0. The number of hydrogen-bond acceptors (Lipinski definition) is 1. The molecule has 14 heavy (non-hydrogen) atoms. The van der Waals surface area contributed by atoms with E-state index in [-0.39, 0.29) is 0 Å². The minimum absolute atomic E-state index is 0.961. The van der Waals surface area contributed by atoms with Crippen LogP contribution in [-0.2, 0) is 0 Å². The van der Waals surface area contributed by atoms with E-state index >= 15 is 0 Å². The highest BCUT2D eigenvalue weighted by Crippen LogP contribution is 2.82. The van der Waals surface area contributed by atoms with Crippen LogP contribution in [0.4, 0.5) is 0 Å². The molecular formula is C13H19N. The molecule has 0 amide bonds. The summed E-state index contributed by atoms with van der Waals surface area (Å²) < 4.78 is 0. The van der Waals surface area contributed by atoms with Gasteiger partial charge in [-0.3, -0.25) is 0 Å². The Labute approximate surface area is 85.6 Å². The first-order chi connectivity index (χ1) is 6.92. The second-order valence-electron chi connectivity index (χ2n) is 6.52. The molecule has 0 saturated heterocycles. The summed E-state index contributed by atoms with van der Waals surface area (Å²) in [6.45, 7) is 3.49. The van der Waals surface area contributed by atoms with E-state index in [2.05, 4.69) is 12.2 Å². The Hall–Kier alpha value is -0.0400. The Bertz CT molecular complexity index is 284. The Morgan fingerprint density at radius 1 is 0.857 bits per heavy atom. The molecule has 0 aromatic carbocycles. The van der Waals surface area contributed by atoms with Crippen LogP contribution >= 0.6 is 0 Å². The van der Waals surface area contributed by atoms with Crippen LogP contribution in [0.1, 0.15) is 19.8 Å². The Kier molecular flexibility index (Phi) is 1.00. The van der Waals surface area contributed by atoms with Gasteiger partial charge in [-0.15, -0.1) is 0 Å². The molecule has 1 heteroatoms. The lowest BCUT2D eigenvalue weighted by Crippen LogP contribution is -2.34. The third-order valence-electron chi connectivity index (χ3n) is 6.76. The van der Waals surface area contributed by atoms with Crippen molar-refractivity contribution in [2.45, 2.75) is 25.8 Å². The van der Waals surface area contributed by atoms with Crippen LogP contribution in [0, 0.1) is 47.3 Å². The first kappa shape index (κ1) is 7.27. The maximum absolute atomic E-state index is 3.82. The van der Waals surface area contributed by atoms with Crippen molar-refractivity contribution in [1.82, 2.24) is 5.32 Å². The normalized spacial score (nSPS) is 74.8. The SMILES string of the molecule is CCNC1[C@@H]2[C@@H]3C[C@@H]4[C@@H]5C[C@@H]([C@@H]1[C@H]53)[C@@H]42. The molecule has 0 radical (unpaired) electrons. The summed E-state index contributed by atoms with van der Waals surface area (Å²) in [5.41, 5.74) is 0. The van der Waals surface area contributed by atoms with Crippen LogP contribution < -0.4 is 5.32 Å². The van der Waals surface area contributed by atoms with E-state index in [1.54, 1.807) is 12.8 Å². The Balaban J connectivity index is 1.67. The molecule has 0 heterocycles. The van der Waals surface area contributed by atoms with Crippen molar-refractivity contribution < 1.29 is 0 Å². The minimum Gasteiger partial charge on any atom is -0.314 e. The van der Waals surface area contributed by atoms with Crippen molar-refractivity contribution in [1.29, 1.82) is 0 Å². The van der Waals surface area contributed by atoms with Gasteiger partial charge in [-0.25, -0.2) is 0 Å². The first-order valence-corrected chi connectivity index (χ1v) is 6.65. The molecule has 0 spiro atoms. The second kappa shape index (κ2) is 1.93. The van der Waals surface area contributed by atoms with Crippen LogP contribution in [0.2, 0.25) is 0 Å². The molecule has 0 aromatic heterocycles. The summed E-state index contributed by atoms with van der Waals surface area (Å²) in [5, 5.41) is 3.82. The molecule has 6 rings (SSSR count). The Morgan fingerprint density at radius 3 is 1.93 bits per heavy atom. The molecule has 0 aliphatic heterocycles. The van der Waals surface area contributed by atoms with Gasteiger partial charge in [0.15, 0.2) is 0 Å². The first-order valence-electron chi connectivity index (χ1n) is 6.65. The molecule has 6 aliphatic rings. The van der Waals surface area contributed by atoms with Crippen molar-refractivity contribution in [3.8, 4) is 0 Å². The average molecular weight is 189 g/mol. The van der Waals surface area contributed by atoms with Crippen molar-refractivity contribution in [3.63, 3.8) is 0 Å². The van der Waals surface area contributed by atoms with E-state index in [0.29, 0.717) is 0 Å². The third-order valence-corrected chi connectivity index (χ3v) is 6.76. The predicted octanol–water partition coefficient (Wildman–Crippen LogP) is 1.74. The van der Waals surface area contributed by atoms with Gasteiger partial charge >= 0.3 is 0 Å². The largest absolute Gasteiger partial charge is 0.314 e. The number of rotatable bonds is 2. The van der Waals surface area contributed by atoms with Gasteiger partial charge in [0, 0.05) is 6.04 Å². The zero-order valence-electron chi connectivity index (χ0n) is 8.82. The molecule has 76 valence electrons. The highest BCUT2D eigenvalue weighted by Gasteiger charge is 2.79. The summed E-state index contributed by atoms with van der Waals surface area (Å²) in [6.07, 6.45) is 3.28. The van der Waals surface area contributed by atoms with Crippen LogP contribution in [0.25, 0.3) is 0 Å². The van der Waals surface area contributed by atoms with Crippen molar-refractivity contribution in [2.24, 2.45) is 47.3 Å². The molecule has 1 unspecified atom stereocenters. The molecule has 6 aliphatic carbocycles. The molecule has 1 N–H and O–H groups in total. The van der Waals surface area contributed by atoms with Gasteiger partial charge in [-0.05, 0) is 66.7 Å². The van der Waals surface area contributed by atoms with Gasteiger partial charge in [0.1, 0.15) is 0 Å². The van der Waals surface area contributed by atoms with Gasteiger partial charge in [0.25, 0.3) is 0 Å². The van der Waals surface area contributed by atoms with Crippen LogP contribution in [0.3, 0.4) is 0 Å². The summed E-state index contributed by atoms with van der Waals surface area (Å²) in [6, 6.07) is 0.961. The van der Waals surface area contributed by atoms with Crippen molar-refractivity contribution in [2.75, 3.05) is 6.54 Å². The zero-order chi connectivity index (χ0) is 9.02. The summed E-state index contributed by atoms with van der Waals surface area (Å²) in [7, 11) is 0.